The van der Waals surface area contributed by atoms with Crippen molar-refractivity contribution in [2.45, 2.75) is 122 Å². The second-order valence-corrected chi connectivity index (χ2v) is 7.58. The van der Waals surface area contributed by atoms with Crippen molar-refractivity contribution in [2.75, 3.05) is 6.61 Å². The summed E-state index contributed by atoms with van der Waals surface area (Å²) in [4.78, 5) is 11.8. The van der Waals surface area contributed by atoms with Crippen LogP contribution in [0, 0.1) is 0 Å². The minimum absolute atomic E-state index is 0.174. The molecule has 0 aliphatic rings. The van der Waals surface area contributed by atoms with Crippen molar-refractivity contribution in [1.82, 2.24) is 5.32 Å². The van der Waals surface area contributed by atoms with Crippen molar-refractivity contribution in [3.63, 3.8) is 0 Å². The molecule has 0 unspecified atom stereocenters. The van der Waals surface area contributed by atoms with E-state index in [0.29, 0.717) is 6.42 Å². The molecule has 156 valence electrons. The molecule has 0 rings (SSSR count). The third-order valence-corrected chi connectivity index (χ3v) is 4.96. The van der Waals surface area contributed by atoms with Gasteiger partial charge in [0.1, 0.15) is 6.10 Å². The molecular weight excluding hydrogens is 330 g/mol. The minimum Gasteiger partial charge on any atom is -0.394 e. The van der Waals surface area contributed by atoms with Crippen molar-refractivity contribution in [2.24, 2.45) is 0 Å². The maximum absolute atomic E-state index is 11.8. The molecule has 0 aromatic rings. The van der Waals surface area contributed by atoms with E-state index in [4.69, 9.17) is 0 Å². The van der Waals surface area contributed by atoms with Crippen molar-refractivity contribution in [3.8, 4) is 0 Å². The second kappa shape index (κ2) is 17.7. The summed E-state index contributed by atoms with van der Waals surface area (Å²) in [6.45, 7) is 3.31. The Morgan fingerprint density at radius 1 is 0.808 bits per heavy atom. The van der Waals surface area contributed by atoms with Crippen LogP contribution in [0.4, 0.5) is 0 Å². The topological polar surface area (TPSA) is 89.8 Å². The molecule has 4 N–H and O–H groups in total. The first-order chi connectivity index (χ1) is 12.5. The van der Waals surface area contributed by atoms with Gasteiger partial charge < -0.3 is 20.6 Å². The van der Waals surface area contributed by atoms with Gasteiger partial charge in [-0.3, -0.25) is 4.79 Å². The van der Waals surface area contributed by atoms with E-state index in [1.54, 1.807) is 0 Å². The Kier molecular flexibility index (Phi) is 17.3. The first-order valence-corrected chi connectivity index (χ1v) is 10.8. The molecule has 0 spiro atoms. The Morgan fingerprint density at radius 3 is 1.62 bits per heavy atom. The summed E-state index contributed by atoms with van der Waals surface area (Å²) in [6.07, 6.45) is 14.7. The maximum atomic E-state index is 11.8. The van der Waals surface area contributed by atoms with Gasteiger partial charge in [-0.15, -0.1) is 0 Å². The summed E-state index contributed by atoms with van der Waals surface area (Å²) in [6, 6.07) is -0.801. The molecule has 0 saturated heterocycles. The number of nitrogens with one attached hydrogen (secondary N) is 1. The quantitative estimate of drug-likeness (QED) is 0.276. The van der Waals surface area contributed by atoms with Crippen LogP contribution < -0.4 is 5.32 Å². The number of hydrogen-bond donors (Lipinski definition) is 4. The average molecular weight is 374 g/mol. The van der Waals surface area contributed by atoms with Crippen LogP contribution in [0.1, 0.15) is 104 Å². The fraction of sp³-hybridized carbons (Fsp3) is 0.952. The summed E-state index contributed by atoms with van der Waals surface area (Å²) in [7, 11) is 0. The van der Waals surface area contributed by atoms with Crippen LogP contribution in [0.2, 0.25) is 0 Å². The van der Waals surface area contributed by atoms with Gasteiger partial charge in [0.15, 0.2) is 0 Å². The molecule has 0 heterocycles. The second-order valence-electron chi connectivity index (χ2n) is 7.58. The number of carbonyl (C=O) groups excluding carboxylic acids is 1. The first kappa shape index (κ1) is 25.4. The van der Waals surface area contributed by atoms with Crippen molar-refractivity contribution in [1.29, 1.82) is 0 Å². The zero-order valence-electron chi connectivity index (χ0n) is 17.1. The van der Waals surface area contributed by atoms with Gasteiger partial charge >= 0.3 is 0 Å². The molecule has 3 atom stereocenters. The van der Waals surface area contributed by atoms with Gasteiger partial charge in [-0.2, -0.15) is 0 Å². The molecule has 0 aromatic heterocycles. The third kappa shape index (κ3) is 14.5. The highest BCUT2D eigenvalue weighted by atomic mass is 16.3. The number of hydrogen-bond acceptors (Lipinski definition) is 4. The molecular formula is C21H43NO4. The number of amides is 1. The molecule has 1 amide bonds. The van der Waals surface area contributed by atoms with Crippen molar-refractivity contribution >= 4 is 5.91 Å². The van der Waals surface area contributed by atoms with Crippen molar-refractivity contribution in [3.05, 3.63) is 0 Å². The molecule has 0 saturated carbocycles. The van der Waals surface area contributed by atoms with Gasteiger partial charge in [0.2, 0.25) is 5.91 Å². The van der Waals surface area contributed by atoms with Gasteiger partial charge in [0.25, 0.3) is 0 Å². The predicted molar refractivity (Wildman–Crippen MR) is 107 cm³/mol. The van der Waals surface area contributed by atoms with Crippen LogP contribution in [0.3, 0.4) is 0 Å². The molecule has 26 heavy (non-hydrogen) atoms. The monoisotopic (exact) mass is 373 g/mol. The lowest BCUT2D eigenvalue weighted by Crippen LogP contribution is -2.49. The van der Waals surface area contributed by atoms with Crippen LogP contribution in [-0.2, 0) is 4.79 Å². The highest BCUT2D eigenvalue weighted by Gasteiger charge is 2.24. The number of aliphatic hydroxyl groups is 3. The SMILES string of the molecule is CCCCCCCCCCCCCCCC(=O)N[C@@H](CO)[C@H](O)[C@@H](C)O. The third-order valence-electron chi connectivity index (χ3n) is 4.96. The molecule has 0 bridgehead atoms. The van der Waals surface area contributed by atoms with Crippen molar-refractivity contribution < 1.29 is 20.1 Å². The standard InChI is InChI=1S/C21H43NO4/c1-3-4-5-6-7-8-9-10-11-12-13-14-15-16-20(25)22-19(17-23)21(26)18(2)24/h18-19,21,23-24,26H,3-17H2,1-2H3,(H,22,25)/t18-,19+,21-/m1/s1. The number of rotatable bonds is 18. The van der Waals surface area contributed by atoms with E-state index >= 15 is 0 Å². The molecule has 0 fully saturated rings. The Balaban J connectivity index is 3.45. The molecule has 0 aromatic carbocycles. The highest BCUT2D eigenvalue weighted by Crippen LogP contribution is 2.13. The molecule has 0 aliphatic heterocycles. The Hall–Kier alpha value is -0.650. The fourth-order valence-electron chi connectivity index (χ4n) is 3.16. The summed E-state index contributed by atoms with van der Waals surface area (Å²) in [5, 5.41) is 30.8. The van der Waals surface area contributed by atoms with E-state index in [0.717, 1.165) is 19.3 Å². The fourth-order valence-corrected chi connectivity index (χ4v) is 3.16. The average Bonchev–Trinajstić information content (AvgIpc) is 2.62. The van der Waals surface area contributed by atoms with Crippen LogP contribution in [0.5, 0.6) is 0 Å². The van der Waals surface area contributed by atoms with Gasteiger partial charge in [0, 0.05) is 6.42 Å². The predicted octanol–water partition coefficient (Wildman–Crippen LogP) is 3.69. The normalized spacial score (nSPS) is 14.8. The van der Waals surface area contributed by atoms with Gasteiger partial charge in [-0.1, -0.05) is 84.0 Å². The summed E-state index contributed by atoms with van der Waals surface area (Å²) in [5.74, 6) is -0.174. The van der Waals surface area contributed by atoms with Gasteiger partial charge in [-0.25, -0.2) is 0 Å². The largest absolute Gasteiger partial charge is 0.394 e. The van der Waals surface area contributed by atoms with E-state index in [9.17, 15) is 20.1 Å². The first-order valence-electron chi connectivity index (χ1n) is 10.8. The van der Waals surface area contributed by atoms with E-state index in [1.807, 2.05) is 0 Å². The molecule has 0 radical (unpaired) electrons. The molecule has 5 nitrogen and oxygen atoms in total. The number of carbonyl (C=O) groups is 1. The summed E-state index contributed by atoms with van der Waals surface area (Å²) in [5.41, 5.74) is 0. The Labute approximate surface area is 160 Å². The summed E-state index contributed by atoms with van der Waals surface area (Å²) < 4.78 is 0. The number of aliphatic hydroxyl groups excluding tert-OH is 3. The lowest BCUT2D eigenvalue weighted by Gasteiger charge is -2.24. The van der Waals surface area contributed by atoms with E-state index in [1.165, 1.54) is 71.1 Å². The van der Waals surface area contributed by atoms with E-state index in [2.05, 4.69) is 12.2 Å². The Bertz CT molecular complexity index is 323. The number of unbranched alkanes of at least 4 members (excludes halogenated alkanes) is 12. The van der Waals surface area contributed by atoms with Crippen LogP contribution >= 0.6 is 0 Å². The maximum Gasteiger partial charge on any atom is 0.220 e. The van der Waals surface area contributed by atoms with E-state index in [-0.39, 0.29) is 12.5 Å². The van der Waals surface area contributed by atoms with Crippen LogP contribution in [-0.4, -0.2) is 46.1 Å². The highest BCUT2D eigenvalue weighted by molar-refractivity contribution is 5.76. The van der Waals surface area contributed by atoms with Crippen LogP contribution in [0.15, 0.2) is 0 Å². The Morgan fingerprint density at radius 2 is 1.23 bits per heavy atom. The van der Waals surface area contributed by atoms with Crippen LogP contribution in [0.25, 0.3) is 0 Å². The van der Waals surface area contributed by atoms with Gasteiger partial charge in [0.05, 0.1) is 18.8 Å². The minimum atomic E-state index is -1.14. The zero-order valence-corrected chi connectivity index (χ0v) is 17.1. The van der Waals surface area contributed by atoms with E-state index < -0.39 is 18.2 Å². The molecule has 5 heteroatoms. The zero-order chi connectivity index (χ0) is 19.6. The molecule has 0 aliphatic carbocycles. The lowest BCUT2D eigenvalue weighted by molar-refractivity contribution is -0.124. The smallest absolute Gasteiger partial charge is 0.220 e. The van der Waals surface area contributed by atoms with Gasteiger partial charge in [-0.05, 0) is 13.3 Å². The summed E-state index contributed by atoms with van der Waals surface area (Å²) >= 11 is 0. The lowest BCUT2D eigenvalue weighted by atomic mass is 10.0.